The number of fused-ring (bicyclic) bond motifs is 1. The zero-order valence-corrected chi connectivity index (χ0v) is 16.0. The summed E-state index contributed by atoms with van der Waals surface area (Å²) in [4.78, 5) is 10.5. The summed E-state index contributed by atoms with van der Waals surface area (Å²) in [6, 6.07) is 13.0. The van der Waals surface area contributed by atoms with E-state index in [0.717, 1.165) is 17.6 Å². The first kappa shape index (κ1) is 17.9. The summed E-state index contributed by atoms with van der Waals surface area (Å²) >= 11 is 1.92. The Bertz CT molecular complexity index is 829. The molecular formula is C22H26N2S. The van der Waals surface area contributed by atoms with Crippen LogP contribution in [-0.4, -0.2) is 15.7 Å². The lowest BCUT2D eigenvalue weighted by Crippen LogP contribution is -1.92. The topological polar surface area (TPSA) is 25.8 Å². The molecule has 2 nitrogen and oxygen atoms in total. The Labute approximate surface area is 155 Å². The molecule has 3 rings (SSSR count). The summed E-state index contributed by atoms with van der Waals surface area (Å²) in [5.74, 6) is 1.17. The van der Waals surface area contributed by atoms with Gasteiger partial charge < -0.3 is 0 Å². The highest BCUT2D eigenvalue weighted by atomic mass is 32.2. The zero-order valence-electron chi connectivity index (χ0n) is 15.2. The van der Waals surface area contributed by atoms with Crippen LogP contribution in [0, 0.1) is 0 Å². The Morgan fingerprint density at radius 3 is 2.64 bits per heavy atom. The average molecular weight is 351 g/mol. The van der Waals surface area contributed by atoms with Crippen LogP contribution < -0.4 is 0 Å². The first-order valence-corrected chi connectivity index (χ1v) is 10.3. The van der Waals surface area contributed by atoms with Gasteiger partial charge in [0.1, 0.15) is 0 Å². The summed E-state index contributed by atoms with van der Waals surface area (Å²) in [5, 5.41) is 1.27. The van der Waals surface area contributed by atoms with Gasteiger partial charge in [0.2, 0.25) is 0 Å². The van der Waals surface area contributed by atoms with Crippen molar-refractivity contribution < 1.29 is 0 Å². The van der Waals surface area contributed by atoms with Crippen molar-refractivity contribution in [2.75, 3.05) is 5.75 Å². The molecule has 0 unspecified atom stereocenters. The predicted molar refractivity (Wildman–Crippen MR) is 109 cm³/mol. The number of hydrogen-bond donors (Lipinski definition) is 0. The van der Waals surface area contributed by atoms with E-state index in [2.05, 4.69) is 54.1 Å². The second-order valence-electron chi connectivity index (χ2n) is 6.39. The van der Waals surface area contributed by atoms with E-state index in [1.165, 1.54) is 52.8 Å². The maximum Gasteiger partial charge on any atom is 0.0713 e. The maximum atomic E-state index is 4.62. The molecular weight excluding hydrogens is 324 g/mol. The van der Waals surface area contributed by atoms with Crippen LogP contribution in [0.2, 0.25) is 0 Å². The quantitative estimate of drug-likeness (QED) is 0.341. The first-order chi connectivity index (χ1) is 12.3. The van der Waals surface area contributed by atoms with Gasteiger partial charge in [0.25, 0.3) is 0 Å². The fraction of sp³-hybridized carbons (Fsp3) is 0.364. The molecule has 0 aliphatic heterocycles. The molecule has 0 atom stereocenters. The van der Waals surface area contributed by atoms with Crippen LogP contribution in [0.3, 0.4) is 0 Å². The Morgan fingerprint density at radius 2 is 1.80 bits per heavy atom. The number of aryl methyl sites for hydroxylation is 1. The SMILES string of the molecule is CCCCSc1ccnc(-c2cc(CCCC)c3cccnc3c2)c1. The van der Waals surface area contributed by atoms with Crippen molar-refractivity contribution in [2.24, 2.45) is 0 Å². The van der Waals surface area contributed by atoms with Crippen LogP contribution in [0.15, 0.2) is 53.7 Å². The standard InChI is InChI=1S/C22H26N2S/c1-3-5-8-17-14-18(15-22-20(17)9-7-11-23-22)21-16-19(10-12-24-21)25-13-6-4-2/h7,9-12,14-16H,3-6,8,13H2,1-2H3. The van der Waals surface area contributed by atoms with Crippen LogP contribution in [0.5, 0.6) is 0 Å². The number of rotatable bonds is 8. The van der Waals surface area contributed by atoms with Crippen molar-refractivity contribution in [1.82, 2.24) is 9.97 Å². The second-order valence-corrected chi connectivity index (χ2v) is 7.56. The average Bonchev–Trinajstić information content (AvgIpc) is 2.66. The van der Waals surface area contributed by atoms with Gasteiger partial charge in [-0.25, -0.2) is 0 Å². The normalized spacial score (nSPS) is 11.1. The number of hydrogen-bond acceptors (Lipinski definition) is 3. The third kappa shape index (κ3) is 4.60. The minimum absolute atomic E-state index is 1.05. The Morgan fingerprint density at radius 1 is 0.920 bits per heavy atom. The number of unbranched alkanes of at least 4 members (excludes halogenated alkanes) is 2. The Balaban J connectivity index is 1.96. The van der Waals surface area contributed by atoms with E-state index < -0.39 is 0 Å². The highest BCUT2D eigenvalue weighted by molar-refractivity contribution is 7.99. The largest absolute Gasteiger partial charge is 0.256 e. The molecule has 25 heavy (non-hydrogen) atoms. The highest BCUT2D eigenvalue weighted by Gasteiger charge is 2.08. The lowest BCUT2D eigenvalue weighted by Gasteiger charge is -2.10. The zero-order chi connectivity index (χ0) is 17.5. The van der Waals surface area contributed by atoms with Gasteiger partial charge in [-0.15, -0.1) is 11.8 Å². The summed E-state index contributed by atoms with van der Waals surface area (Å²) in [6.07, 6.45) is 9.79. The molecule has 3 aromatic rings. The van der Waals surface area contributed by atoms with Gasteiger partial charge in [0.15, 0.2) is 0 Å². The van der Waals surface area contributed by atoms with Crippen molar-refractivity contribution in [3.8, 4) is 11.3 Å². The summed E-state index contributed by atoms with van der Waals surface area (Å²) in [6.45, 7) is 4.47. The number of pyridine rings is 2. The van der Waals surface area contributed by atoms with Gasteiger partial charge in [-0.1, -0.05) is 32.8 Å². The monoisotopic (exact) mass is 350 g/mol. The molecule has 2 aromatic heterocycles. The van der Waals surface area contributed by atoms with E-state index in [1.54, 1.807) is 0 Å². The Hall–Kier alpha value is -1.87. The van der Waals surface area contributed by atoms with Crippen LogP contribution >= 0.6 is 11.8 Å². The molecule has 2 heterocycles. The lowest BCUT2D eigenvalue weighted by atomic mass is 9.98. The number of aromatic nitrogens is 2. The lowest BCUT2D eigenvalue weighted by molar-refractivity contribution is 0.799. The van der Waals surface area contributed by atoms with Gasteiger partial charge in [-0.05, 0) is 60.9 Å². The molecule has 3 heteroatoms. The minimum Gasteiger partial charge on any atom is -0.256 e. The molecule has 0 saturated heterocycles. The molecule has 0 aliphatic rings. The van der Waals surface area contributed by atoms with Crippen molar-refractivity contribution in [3.05, 3.63) is 54.4 Å². The van der Waals surface area contributed by atoms with E-state index in [-0.39, 0.29) is 0 Å². The summed E-state index contributed by atoms with van der Waals surface area (Å²) in [7, 11) is 0. The third-order valence-electron chi connectivity index (χ3n) is 4.40. The maximum absolute atomic E-state index is 4.62. The fourth-order valence-electron chi connectivity index (χ4n) is 2.97. The van der Waals surface area contributed by atoms with Crippen LogP contribution in [-0.2, 0) is 6.42 Å². The highest BCUT2D eigenvalue weighted by Crippen LogP contribution is 2.29. The van der Waals surface area contributed by atoms with E-state index in [4.69, 9.17) is 0 Å². The smallest absolute Gasteiger partial charge is 0.0713 e. The van der Waals surface area contributed by atoms with Crippen LogP contribution in [0.4, 0.5) is 0 Å². The predicted octanol–water partition coefficient (Wildman–Crippen LogP) is 6.53. The molecule has 0 N–H and O–H groups in total. The van der Waals surface area contributed by atoms with Crippen molar-refractivity contribution in [2.45, 2.75) is 50.8 Å². The van der Waals surface area contributed by atoms with Crippen molar-refractivity contribution in [1.29, 1.82) is 0 Å². The molecule has 0 bridgehead atoms. The third-order valence-corrected chi connectivity index (χ3v) is 5.48. The van der Waals surface area contributed by atoms with E-state index >= 15 is 0 Å². The fourth-order valence-corrected chi connectivity index (χ4v) is 3.99. The number of benzene rings is 1. The molecule has 0 amide bonds. The first-order valence-electron chi connectivity index (χ1n) is 9.28. The molecule has 0 fully saturated rings. The Kier molecular flexibility index (Phi) is 6.46. The van der Waals surface area contributed by atoms with Gasteiger partial charge in [-0.2, -0.15) is 0 Å². The van der Waals surface area contributed by atoms with Crippen molar-refractivity contribution >= 4 is 22.7 Å². The number of nitrogens with zero attached hydrogens (tertiary/aromatic N) is 2. The summed E-state index contributed by atoms with van der Waals surface area (Å²) in [5.41, 5.74) is 4.67. The molecule has 1 aromatic carbocycles. The number of thioether (sulfide) groups is 1. The van der Waals surface area contributed by atoms with E-state index in [1.807, 2.05) is 30.2 Å². The summed E-state index contributed by atoms with van der Waals surface area (Å²) < 4.78 is 0. The van der Waals surface area contributed by atoms with E-state index in [0.29, 0.717) is 0 Å². The van der Waals surface area contributed by atoms with Gasteiger partial charge >= 0.3 is 0 Å². The van der Waals surface area contributed by atoms with Crippen molar-refractivity contribution in [3.63, 3.8) is 0 Å². The molecule has 0 spiro atoms. The van der Waals surface area contributed by atoms with Crippen LogP contribution in [0.1, 0.15) is 45.1 Å². The van der Waals surface area contributed by atoms with Crippen LogP contribution in [0.25, 0.3) is 22.2 Å². The van der Waals surface area contributed by atoms with E-state index in [9.17, 15) is 0 Å². The van der Waals surface area contributed by atoms with Gasteiger partial charge in [0.05, 0.1) is 11.2 Å². The molecule has 0 aliphatic carbocycles. The van der Waals surface area contributed by atoms with Gasteiger partial charge in [0, 0.05) is 28.2 Å². The minimum atomic E-state index is 1.05. The molecule has 130 valence electrons. The second kappa shape index (κ2) is 9.00. The molecule has 0 saturated carbocycles. The van der Waals surface area contributed by atoms with Gasteiger partial charge in [-0.3, -0.25) is 9.97 Å². The molecule has 0 radical (unpaired) electrons.